The highest BCUT2D eigenvalue weighted by molar-refractivity contribution is 5.72. The fourth-order valence-electron chi connectivity index (χ4n) is 3.83. The fourth-order valence-corrected chi connectivity index (χ4v) is 3.83. The van der Waals surface area contributed by atoms with Gasteiger partial charge in [-0.1, -0.05) is 74.5 Å². The van der Waals surface area contributed by atoms with E-state index in [2.05, 4.69) is 26.0 Å². The molecule has 1 aliphatic rings. The third-order valence-corrected chi connectivity index (χ3v) is 5.58. The van der Waals surface area contributed by atoms with E-state index < -0.39 is 17.4 Å². The Kier molecular flexibility index (Phi) is 4.57. The molecule has 1 fully saturated rings. The van der Waals surface area contributed by atoms with Gasteiger partial charge in [-0.2, -0.15) is 0 Å². The van der Waals surface area contributed by atoms with Crippen molar-refractivity contribution in [2.24, 2.45) is 0 Å². The van der Waals surface area contributed by atoms with E-state index in [-0.39, 0.29) is 5.41 Å². The summed E-state index contributed by atoms with van der Waals surface area (Å²) >= 11 is 0. The zero-order valence-electron chi connectivity index (χ0n) is 15.9. The monoisotopic (exact) mass is 353 g/mol. The Morgan fingerprint density at radius 1 is 1.00 bits per heavy atom. The molecule has 4 nitrogen and oxygen atoms in total. The second-order valence-electron chi connectivity index (χ2n) is 8.12. The molecule has 0 aromatic heterocycles. The molecule has 0 unspecified atom stereocenters. The second kappa shape index (κ2) is 6.44. The molecule has 0 spiro atoms. The summed E-state index contributed by atoms with van der Waals surface area (Å²) in [6, 6.07) is 19.8. The SMILES string of the molecule is CC(C)(C[C@]1(C)OC(=O)N(Cc2ccccc2)[C@]1(C)O)c1ccccc1. The molecule has 2 aromatic carbocycles. The van der Waals surface area contributed by atoms with E-state index >= 15 is 0 Å². The minimum atomic E-state index is -1.41. The fraction of sp³-hybridized carbons (Fsp3) is 0.409. The molecule has 1 saturated heterocycles. The molecule has 1 amide bonds. The van der Waals surface area contributed by atoms with Crippen molar-refractivity contribution in [1.29, 1.82) is 0 Å². The van der Waals surface area contributed by atoms with Crippen molar-refractivity contribution in [2.75, 3.05) is 0 Å². The number of amides is 1. The third-order valence-electron chi connectivity index (χ3n) is 5.58. The number of carbonyl (C=O) groups is 1. The number of hydrogen-bond acceptors (Lipinski definition) is 3. The van der Waals surface area contributed by atoms with Crippen molar-refractivity contribution in [3.8, 4) is 0 Å². The van der Waals surface area contributed by atoms with Crippen LogP contribution in [0.5, 0.6) is 0 Å². The van der Waals surface area contributed by atoms with E-state index in [0.717, 1.165) is 11.1 Å². The van der Waals surface area contributed by atoms with Gasteiger partial charge in [0.1, 0.15) is 0 Å². The Balaban J connectivity index is 1.86. The van der Waals surface area contributed by atoms with Crippen molar-refractivity contribution >= 4 is 6.09 Å². The van der Waals surface area contributed by atoms with Crippen LogP contribution < -0.4 is 0 Å². The average Bonchev–Trinajstić information content (AvgIpc) is 2.75. The van der Waals surface area contributed by atoms with Gasteiger partial charge in [0.25, 0.3) is 0 Å². The zero-order chi connectivity index (χ0) is 19.0. The normalized spacial score (nSPS) is 26.0. The van der Waals surface area contributed by atoms with Crippen LogP contribution in [0.4, 0.5) is 4.79 Å². The highest BCUT2D eigenvalue weighted by Gasteiger charge is 2.60. The molecule has 2 aromatic rings. The van der Waals surface area contributed by atoms with E-state index in [4.69, 9.17) is 4.74 Å². The second-order valence-corrected chi connectivity index (χ2v) is 8.12. The number of hydrogen-bond donors (Lipinski definition) is 1. The first kappa shape index (κ1) is 18.5. The predicted molar refractivity (Wildman–Crippen MR) is 102 cm³/mol. The first-order valence-corrected chi connectivity index (χ1v) is 8.98. The summed E-state index contributed by atoms with van der Waals surface area (Å²) in [4.78, 5) is 14.0. The number of nitrogens with zero attached hydrogens (tertiary/aromatic N) is 1. The Labute approximate surface area is 155 Å². The number of benzene rings is 2. The van der Waals surface area contributed by atoms with Gasteiger partial charge in [-0.25, -0.2) is 4.79 Å². The maximum absolute atomic E-state index is 12.6. The highest BCUT2D eigenvalue weighted by Crippen LogP contribution is 2.45. The predicted octanol–water partition coefficient (Wildman–Crippen LogP) is 4.47. The van der Waals surface area contributed by atoms with Crippen LogP contribution in [0, 0.1) is 0 Å². The lowest BCUT2D eigenvalue weighted by Crippen LogP contribution is -2.56. The molecule has 0 radical (unpaired) electrons. The van der Waals surface area contributed by atoms with Gasteiger partial charge < -0.3 is 9.84 Å². The molecule has 1 heterocycles. The molecule has 0 aliphatic carbocycles. The summed E-state index contributed by atoms with van der Waals surface area (Å²) in [6.07, 6.45) is 0.0267. The first-order valence-electron chi connectivity index (χ1n) is 8.98. The van der Waals surface area contributed by atoms with Crippen LogP contribution in [-0.4, -0.2) is 27.4 Å². The molecule has 4 heteroatoms. The smallest absolute Gasteiger partial charge is 0.413 e. The van der Waals surface area contributed by atoms with Crippen molar-refractivity contribution in [3.63, 3.8) is 0 Å². The number of carbonyl (C=O) groups excluding carboxylic acids is 1. The number of cyclic esters (lactones) is 1. The molecule has 0 saturated carbocycles. The van der Waals surface area contributed by atoms with Gasteiger partial charge >= 0.3 is 6.09 Å². The summed E-state index contributed by atoms with van der Waals surface area (Å²) in [6.45, 7) is 8.02. The van der Waals surface area contributed by atoms with Gasteiger partial charge in [-0.05, 0) is 30.4 Å². The van der Waals surface area contributed by atoms with Crippen molar-refractivity contribution in [3.05, 3.63) is 71.8 Å². The Morgan fingerprint density at radius 2 is 1.54 bits per heavy atom. The first-order chi connectivity index (χ1) is 12.2. The maximum atomic E-state index is 12.6. The van der Waals surface area contributed by atoms with Crippen LogP contribution in [0.1, 0.15) is 45.2 Å². The third kappa shape index (κ3) is 3.21. The zero-order valence-corrected chi connectivity index (χ0v) is 15.9. The molecule has 26 heavy (non-hydrogen) atoms. The number of aliphatic hydroxyl groups is 1. The topological polar surface area (TPSA) is 49.8 Å². The summed E-state index contributed by atoms with van der Waals surface area (Å²) in [5, 5.41) is 11.3. The van der Waals surface area contributed by atoms with E-state index in [0.29, 0.717) is 13.0 Å². The van der Waals surface area contributed by atoms with Gasteiger partial charge in [0.2, 0.25) is 0 Å². The van der Waals surface area contributed by atoms with Crippen LogP contribution in [0.2, 0.25) is 0 Å². The van der Waals surface area contributed by atoms with Crippen LogP contribution in [-0.2, 0) is 16.7 Å². The molecule has 3 rings (SSSR count). The maximum Gasteiger partial charge on any atom is 0.413 e. The van der Waals surface area contributed by atoms with Gasteiger partial charge in [-0.3, -0.25) is 4.90 Å². The molecule has 2 atom stereocenters. The Bertz CT molecular complexity index is 770. The van der Waals surface area contributed by atoms with Gasteiger partial charge in [0.05, 0.1) is 6.54 Å². The van der Waals surface area contributed by atoms with Gasteiger partial charge in [0, 0.05) is 6.42 Å². The minimum absolute atomic E-state index is 0.261. The molecular weight excluding hydrogens is 326 g/mol. The van der Waals surface area contributed by atoms with E-state index in [1.165, 1.54) is 4.90 Å². The van der Waals surface area contributed by atoms with E-state index in [9.17, 15) is 9.90 Å². The van der Waals surface area contributed by atoms with Gasteiger partial charge in [-0.15, -0.1) is 0 Å². The lowest BCUT2D eigenvalue weighted by atomic mass is 9.72. The lowest BCUT2D eigenvalue weighted by Gasteiger charge is -2.42. The van der Waals surface area contributed by atoms with Crippen molar-refractivity contribution < 1.29 is 14.6 Å². The van der Waals surface area contributed by atoms with Gasteiger partial charge in [0.15, 0.2) is 11.3 Å². The molecule has 1 N–H and O–H groups in total. The largest absolute Gasteiger partial charge is 0.438 e. The quantitative estimate of drug-likeness (QED) is 0.862. The van der Waals surface area contributed by atoms with Crippen molar-refractivity contribution in [2.45, 2.75) is 57.4 Å². The number of ether oxygens (including phenoxy) is 1. The Hall–Kier alpha value is -2.33. The highest BCUT2D eigenvalue weighted by atomic mass is 16.6. The van der Waals surface area contributed by atoms with Crippen LogP contribution in [0.25, 0.3) is 0 Å². The molecular formula is C22H27NO3. The molecule has 1 aliphatic heterocycles. The average molecular weight is 353 g/mol. The van der Waals surface area contributed by atoms with Crippen LogP contribution in [0.15, 0.2) is 60.7 Å². The minimum Gasteiger partial charge on any atom is -0.438 e. The summed E-state index contributed by atoms with van der Waals surface area (Å²) in [5.41, 5.74) is -0.585. The molecule has 138 valence electrons. The summed E-state index contributed by atoms with van der Waals surface area (Å²) < 4.78 is 5.74. The standard InChI is InChI=1S/C22H27NO3/c1-20(2,18-13-9-6-10-14-18)16-21(3)22(4,25)23(19(24)26-21)15-17-11-7-5-8-12-17/h5-14,25H,15-16H2,1-4H3/t21-,22+/m0/s1. The van der Waals surface area contributed by atoms with Crippen LogP contribution >= 0.6 is 0 Å². The van der Waals surface area contributed by atoms with E-state index in [1.54, 1.807) is 6.92 Å². The lowest BCUT2D eigenvalue weighted by molar-refractivity contribution is -0.147. The summed E-state index contributed by atoms with van der Waals surface area (Å²) in [5.74, 6) is 0. The molecule has 0 bridgehead atoms. The number of rotatable bonds is 5. The van der Waals surface area contributed by atoms with Crippen molar-refractivity contribution in [1.82, 2.24) is 4.90 Å². The Morgan fingerprint density at radius 3 is 2.12 bits per heavy atom. The summed E-state index contributed by atoms with van der Waals surface area (Å²) in [7, 11) is 0. The van der Waals surface area contributed by atoms with E-state index in [1.807, 2.05) is 55.5 Å². The van der Waals surface area contributed by atoms with Crippen LogP contribution in [0.3, 0.4) is 0 Å².